The van der Waals surface area contributed by atoms with Crippen LogP contribution >= 0.6 is 0 Å². The van der Waals surface area contributed by atoms with Crippen molar-refractivity contribution >= 4 is 11.0 Å². The number of para-hydroxylation sites is 1. The smallest absolute Gasteiger partial charge is 0.149 e. The lowest BCUT2D eigenvalue weighted by molar-refractivity contribution is 0.443. The Bertz CT molecular complexity index is 3590. The second kappa shape index (κ2) is 20.2. The molecule has 2 aliphatic carbocycles. The van der Waals surface area contributed by atoms with E-state index in [4.69, 9.17) is 9.97 Å². The SMILES string of the molecule is CC(C)(C)c1cc(-c2cc(-c3ccc(C4CCCCC4)cc3)ccn2)cc(-c2cccc3c2nc(-c2cc(-c4ccccc4)cc(-c4ccccc4)c2O)n3-c2ccc(CC3CCCC3)cc2-c2ccccc2)c1. The standard InChI is InChI=1S/C70H65N3O/c1-70(2,3)59-42-57(41-58(43-59)64-46-55(37-38-71-64)52-34-32-51(33-35-52)49-21-8-4-9-22-49)60-29-18-30-66-67(60)72-69(63-45-56(50-23-10-5-11-24-50)44-62(68(63)74)54-27-14-7-15-28-54)73(66)65-36-31-48(39-47-19-16-17-20-47)40-61(65)53-25-12-6-13-26-53/h5-7,10-15,18,23-38,40-47,49,74H,4,8-9,16-17,19-22,39H2,1-3H3. The van der Waals surface area contributed by atoms with Gasteiger partial charge in [0.2, 0.25) is 0 Å². The Morgan fingerprint density at radius 3 is 1.82 bits per heavy atom. The van der Waals surface area contributed by atoms with Crippen LogP contribution in [0, 0.1) is 5.92 Å². The summed E-state index contributed by atoms with van der Waals surface area (Å²) in [5, 5.41) is 12.8. The number of hydrogen-bond donors (Lipinski definition) is 1. The molecule has 1 N–H and O–H groups in total. The van der Waals surface area contributed by atoms with Gasteiger partial charge in [0, 0.05) is 28.5 Å². The molecule has 2 fully saturated rings. The molecule has 4 heteroatoms. The Morgan fingerprint density at radius 1 is 0.486 bits per heavy atom. The van der Waals surface area contributed by atoms with Gasteiger partial charge in [-0.25, -0.2) is 4.98 Å². The summed E-state index contributed by atoms with van der Waals surface area (Å²) in [4.78, 5) is 10.8. The Balaban J connectivity index is 1.07. The lowest BCUT2D eigenvalue weighted by atomic mass is 9.83. The number of aromatic nitrogens is 3. The van der Waals surface area contributed by atoms with E-state index in [1.807, 2.05) is 30.5 Å². The van der Waals surface area contributed by atoms with Gasteiger partial charge in [-0.15, -0.1) is 0 Å². The van der Waals surface area contributed by atoms with Crippen molar-refractivity contribution in [2.24, 2.45) is 5.92 Å². The van der Waals surface area contributed by atoms with Gasteiger partial charge in [0.1, 0.15) is 11.6 Å². The minimum absolute atomic E-state index is 0.155. The molecular weight excluding hydrogens is 899 g/mol. The third-order valence-electron chi connectivity index (χ3n) is 16.1. The van der Waals surface area contributed by atoms with E-state index >= 15 is 0 Å². The summed E-state index contributed by atoms with van der Waals surface area (Å²) in [7, 11) is 0. The molecule has 0 spiro atoms. The van der Waals surface area contributed by atoms with Crippen LogP contribution in [-0.2, 0) is 11.8 Å². The molecular formula is C70H65N3O. The van der Waals surface area contributed by atoms with Gasteiger partial charge >= 0.3 is 0 Å². The van der Waals surface area contributed by atoms with Crippen molar-refractivity contribution in [3.8, 4) is 89.7 Å². The Hall–Kier alpha value is -7.82. The molecule has 10 aromatic rings. The van der Waals surface area contributed by atoms with Crippen molar-refractivity contribution in [1.82, 2.24) is 14.5 Å². The molecule has 0 saturated heterocycles. The second-order valence-corrected chi connectivity index (χ2v) is 22.1. The fourth-order valence-corrected chi connectivity index (χ4v) is 12.0. The maximum absolute atomic E-state index is 12.8. The van der Waals surface area contributed by atoms with Crippen molar-refractivity contribution in [3.63, 3.8) is 0 Å². The van der Waals surface area contributed by atoms with E-state index < -0.39 is 0 Å². The molecule has 74 heavy (non-hydrogen) atoms. The number of fused-ring (bicyclic) bond motifs is 1. The average molecular weight is 964 g/mol. The zero-order valence-corrected chi connectivity index (χ0v) is 43.1. The van der Waals surface area contributed by atoms with E-state index in [1.165, 1.54) is 80.0 Å². The molecule has 8 aromatic carbocycles. The van der Waals surface area contributed by atoms with E-state index in [2.05, 4.69) is 195 Å². The molecule has 0 atom stereocenters. The average Bonchev–Trinajstić information content (AvgIpc) is 4.13. The Kier molecular flexibility index (Phi) is 12.9. The normalized spacial score (nSPS) is 14.5. The van der Waals surface area contributed by atoms with E-state index in [1.54, 1.807) is 0 Å². The minimum atomic E-state index is -0.155. The van der Waals surface area contributed by atoms with Crippen LogP contribution < -0.4 is 0 Å². The summed E-state index contributed by atoms with van der Waals surface area (Å²) in [6, 6.07) is 70.1. The van der Waals surface area contributed by atoms with Crippen LogP contribution in [0.4, 0.5) is 0 Å². The first-order valence-corrected chi connectivity index (χ1v) is 27.1. The van der Waals surface area contributed by atoms with Crippen molar-refractivity contribution < 1.29 is 5.11 Å². The number of pyridine rings is 1. The first kappa shape index (κ1) is 47.2. The molecule has 2 aromatic heterocycles. The zero-order chi connectivity index (χ0) is 50.2. The summed E-state index contributed by atoms with van der Waals surface area (Å²) in [5.41, 5.74) is 19.9. The largest absolute Gasteiger partial charge is 0.507 e. The van der Waals surface area contributed by atoms with Crippen LogP contribution in [-0.4, -0.2) is 19.6 Å². The number of rotatable bonds is 11. The van der Waals surface area contributed by atoms with Crippen LogP contribution in [0.15, 0.2) is 200 Å². The quantitative estimate of drug-likeness (QED) is 0.141. The van der Waals surface area contributed by atoms with Gasteiger partial charge in [0.15, 0.2) is 0 Å². The molecule has 2 saturated carbocycles. The number of nitrogens with zero attached hydrogens (tertiary/aromatic N) is 3. The van der Waals surface area contributed by atoms with Crippen LogP contribution in [0.5, 0.6) is 5.75 Å². The van der Waals surface area contributed by atoms with E-state index in [-0.39, 0.29) is 11.2 Å². The lowest BCUT2D eigenvalue weighted by Crippen LogP contribution is -2.11. The van der Waals surface area contributed by atoms with Crippen molar-refractivity contribution in [3.05, 3.63) is 217 Å². The highest BCUT2D eigenvalue weighted by Gasteiger charge is 2.27. The number of phenolic OH excluding ortho intramolecular Hbond substituents is 1. The van der Waals surface area contributed by atoms with Crippen molar-refractivity contribution in [2.45, 2.75) is 96.3 Å². The molecule has 2 heterocycles. The zero-order valence-electron chi connectivity index (χ0n) is 43.1. The monoisotopic (exact) mass is 964 g/mol. The fraction of sp³-hybridized carbons (Fsp3) is 0.229. The Labute approximate surface area is 437 Å². The van der Waals surface area contributed by atoms with Crippen LogP contribution in [0.2, 0.25) is 0 Å². The van der Waals surface area contributed by atoms with Crippen molar-refractivity contribution in [2.75, 3.05) is 0 Å². The number of imidazole rings is 1. The molecule has 0 unspecified atom stereocenters. The van der Waals surface area contributed by atoms with Gasteiger partial charge in [-0.05, 0) is 147 Å². The van der Waals surface area contributed by atoms with Gasteiger partial charge < -0.3 is 5.11 Å². The van der Waals surface area contributed by atoms with Crippen LogP contribution in [0.1, 0.15) is 101 Å². The van der Waals surface area contributed by atoms with Gasteiger partial charge in [0.25, 0.3) is 0 Å². The first-order valence-electron chi connectivity index (χ1n) is 27.1. The molecule has 0 amide bonds. The number of benzene rings is 8. The number of phenols is 1. The topological polar surface area (TPSA) is 50.9 Å². The van der Waals surface area contributed by atoms with E-state index in [9.17, 15) is 5.11 Å². The van der Waals surface area contributed by atoms with Gasteiger partial charge in [-0.2, -0.15) is 0 Å². The molecule has 2 aliphatic rings. The second-order valence-electron chi connectivity index (χ2n) is 22.1. The predicted octanol–water partition coefficient (Wildman–Crippen LogP) is 18.9. The van der Waals surface area contributed by atoms with E-state index in [0.29, 0.717) is 23.2 Å². The summed E-state index contributed by atoms with van der Waals surface area (Å²) < 4.78 is 2.32. The highest BCUT2D eigenvalue weighted by molar-refractivity contribution is 5.99. The maximum Gasteiger partial charge on any atom is 0.149 e. The third-order valence-corrected chi connectivity index (χ3v) is 16.1. The summed E-state index contributed by atoms with van der Waals surface area (Å²) in [6.07, 6.45) is 14.8. The van der Waals surface area contributed by atoms with Crippen molar-refractivity contribution in [1.29, 1.82) is 0 Å². The first-order chi connectivity index (χ1) is 36.2. The summed E-state index contributed by atoms with van der Waals surface area (Å²) in [6.45, 7) is 6.86. The highest BCUT2D eigenvalue weighted by atomic mass is 16.3. The van der Waals surface area contributed by atoms with Gasteiger partial charge in [-0.1, -0.05) is 205 Å². The molecule has 0 radical (unpaired) electrons. The number of hydrogen-bond acceptors (Lipinski definition) is 3. The molecule has 0 aliphatic heterocycles. The van der Waals surface area contributed by atoms with Crippen LogP contribution in [0.25, 0.3) is 95.0 Å². The summed E-state index contributed by atoms with van der Waals surface area (Å²) >= 11 is 0. The predicted molar refractivity (Wildman–Crippen MR) is 309 cm³/mol. The maximum atomic E-state index is 12.8. The Morgan fingerprint density at radius 2 is 1.12 bits per heavy atom. The van der Waals surface area contributed by atoms with Gasteiger partial charge in [0.05, 0.1) is 28.0 Å². The molecule has 0 bridgehead atoms. The summed E-state index contributed by atoms with van der Waals surface area (Å²) in [5.74, 6) is 2.25. The molecule has 12 rings (SSSR count). The fourth-order valence-electron chi connectivity index (χ4n) is 12.0. The minimum Gasteiger partial charge on any atom is -0.507 e. The third kappa shape index (κ3) is 9.50. The molecule has 4 nitrogen and oxygen atoms in total. The lowest BCUT2D eigenvalue weighted by Gasteiger charge is -2.22. The highest BCUT2D eigenvalue weighted by Crippen LogP contribution is 2.46. The van der Waals surface area contributed by atoms with E-state index in [0.717, 1.165) is 84.5 Å². The van der Waals surface area contributed by atoms with Crippen LogP contribution in [0.3, 0.4) is 0 Å². The van der Waals surface area contributed by atoms with Gasteiger partial charge in [-0.3, -0.25) is 9.55 Å². The molecule has 366 valence electrons. The number of aromatic hydroxyl groups is 1.